The second-order valence-corrected chi connectivity index (χ2v) is 5.05. The third-order valence-electron chi connectivity index (χ3n) is 3.76. The van der Waals surface area contributed by atoms with E-state index < -0.39 is 29.0 Å². The second-order valence-electron chi connectivity index (χ2n) is 5.05. The molecule has 1 atom stereocenters. The lowest BCUT2D eigenvalue weighted by Gasteiger charge is -2.42. The molecule has 1 unspecified atom stereocenters. The Morgan fingerprint density at radius 3 is 2.67 bits per heavy atom. The summed E-state index contributed by atoms with van der Waals surface area (Å²) in [6, 6.07) is 1.04. The molecule has 1 aromatic heterocycles. The number of primary amides is 1. The number of aromatic carboxylic acids is 1. The lowest BCUT2D eigenvalue weighted by molar-refractivity contribution is -0.127. The number of amides is 1. The van der Waals surface area contributed by atoms with Crippen LogP contribution in [-0.2, 0) is 10.3 Å². The predicted octanol–water partition coefficient (Wildman–Crippen LogP) is 0.775. The lowest BCUT2D eigenvalue weighted by atomic mass is 9.77. The van der Waals surface area contributed by atoms with Gasteiger partial charge in [-0.1, -0.05) is 5.16 Å². The Hall–Kier alpha value is -2.16. The summed E-state index contributed by atoms with van der Waals surface area (Å²) in [6.07, 6.45) is -1.07. The predicted molar refractivity (Wildman–Crippen MR) is 67.4 cm³/mol. The van der Waals surface area contributed by atoms with Crippen LogP contribution < -0.4 is 11.1 Å². The quantitative estimate of drug-likeness (QED) is 0.749. The van der Waals surface area contributed by atoms with Gasteiger partial charge in [0.25, 0.3) is 0 Å². The highest BCUT2D eigenvalue weighted by atomic mass is 19.1. The van der Waals surface area contributed by atoms with E-state index in [2.05, 4.69) is 10.5 Å². The topological polar surface area (TPSA) is 128 Å². The van der Waals surface area contributed by atoms with Crippen LogP contribution in [0.5, 0.6) is 0 Å². The van der Waals surface area contributed by atoms with Crippen molar-refractivity contribution in [3.8, 4) is 0 Å². The summed E-state index contributed by atoms with van der Waals surface area (Å²) in [5, 5.41) is 15.2. The molecule has 21 heavy (non-hydrogen) atoms. The Kier molecular flexibility index (Phi) is 3.86. The SMILES string of the molecule is CC(OC(N)=O)(c1cc(C(=O)O)no1)C1(F)CCNCC1. The molecule has 0 bridgehead atoms. The van der Waals surface area contributed by atoms with Crippen LogP contribution in [0.1, 0.15) is 36.0 Å². The van der Waals surface area contributed by atoms with Crippen molar-refractivity contribution in [2.75, 3.05) is 13.1 Å². The van der Waals surface area contributed by atoms with Gasteiger partial charge in [-0.05, 0) is 32.9 Å². The first-order valence-corrected chi connectivity index (χ1v) is 6.37. The molecule has 4 N–H and O–H groups in total. The Balaban J connectivity index is 2.44. The highest BCUT2D eigenvalue weighted by Crippen LogP contribution is 2.45. The van der Waals surface area contributed by atoms with Gasteiger partial charge in [-0.2, -0.15) is 0 Å². The first-order chi connectivity index (χ1) is 9.78. The van der Waals surface area contributed by atoms with E-state index >= 15 is 4.39 Å². The van der Waals surface area contributed by atoms with Crippen LogP contribution >= 0.6 is 0 Å². The summed E-state index contributed by atoms with van der Waals surface area (Å²) in [5.74, 6) is -1.52. The van der Waals surface area contributed by atoms with Gasteiger partial charge in [0.2, 0.25) is 5.60 Å². The number of carboxylic acids is 1. The van der Waals surface area contributed by atoms with E-state index in [0.717, 1.165) is 6.07 Å². The van der Waals surface area contributed by atoms with Gasteiger partial charge >= 0.3 is 12.1 Å². The van der Waals surface area contributed by atoms with Crippen LogP contribution in [0.25, 0.3) is 0 Å². The van der Waals surface area contributed by atoms with Gasteiger partial charge in [0.15, 0.2) is 17.1 Å². The number of nitrogens with zero attached hydrogens (tertiary/aromatic N) is 1. The van der Waals surface area contributed by atoms with Crippen LogP contribution in [0.15, 0.2) is 10.6 Å². The number of carbonyl (C=O) groups is 2. The molecule has 0 spiro atoms. The fraction of sp³-hybridized carbons (Fsp3) is 0.583. The maximum absolute atomic E-state index is 15.3. The summed E-state index contributed by atoms with van der Waals surface area (Å²) >= 11 is 0. The van der Waals surface area contributed by atoms with Gasteiger partial charge < -0.3 is 25.4 Å². The smallest absolute Gasteiger partial charge is 0.405 e. The molecule has 2 rings (SSSR count). The molecule has 2 heterocycles. The third-order valence-corrected chi connectivity index (χ3v) is 3.76. The van der Waals surface area contributed by atoms with Gasteiger partial charge in [-0.15, -0.1) is 0 Å². The molecule has 0 aromatic carbocycles. The van der Waals surface area contributed by atoms with Crippen LogP contribution in [0.2, 0.25) is 0 Å². The van der Waals surface area contributed by atoms with Crippen LogP contribution in [0, 0.1) is 0 Å². The summed E-state index contributed by atoms with van der Waals surface area (Å²) in [6.45, 7) is 2.07. The highest BCUT2D eigenvalue weighted by Gasteiger charge is 2.56. The van der Waals surface area contributed by atoms with Gasteiger partial charge in [-0.25, -0.2) is 14.0 Å². The van der Waals surface area contributed by atoms with Crippen LogP contribution in [0.3, 0.4) is 0 Å². The minimum Gasteiger partial charge on any atom is -0.476 e. The van der Waals surface area contributed by atoms with Gasteiger partial charge in [0.05, 0.1) is 0 Å². The standard InChI is InChI=1S/C12H16FN3O5/c1-11(20-10(14)19,12(13)2-4-15-5-3-12)8-6-7(9(17)18)16-21-8/h6,15H,2-5H2,1H3,(H2,14,19)(H,17,18). The maximum Gasteiger partial charge on any atom is 0.405 e. The molecular formula is C12H16FN3O5. The number of alkyl halides is 1. The Morgan fingerprint density at radius 2 is 2.19 bits per heavy atom. The third kappa shape index (κ3) is 2.68. The first-order valence-electron chi connectivity index (χ1n) is 6.37. The van der Waals surface area contributed by atoms with Gasteiger partial charge in [0.1, 0.15) is 0 Å². The summed E-state index contributed by atoms with van der Waals surface area (Å²) in [4.78, 5) is 22.0. The minimum atomic E-state index is -1.94. The molecule has 0 radical (unpaired) electrons. The zero-order valence-electron chi connectivity index (χ0n) is 11.4. The highest BCUT2D eigenvalue weighted by molar-refractivity contribution is 5.85. The molecular weight excluding hydrogens is 285 g/mol. The Morgan fingerprint density at radius 1 is 1.57 bits per heavy atom. The average Bonchev–Trinajstić information content (AvgIpc) is 2.88. The number of carbonyl (C=O) groups excluding carboxylic acids is 1. The fourth-order valence-corrected chi connectivity index (χ4v) is 2.46. The van der Waals surface area contributed by atoms with Crippen molar-refractivity contribution in [2.24, 2.45) is 5.73 Å². The number of aromatic nitrogens is 1. The first kappa shape index (κ1) is 15.2. The van der Waals surface area contributed by atoms with Crippen molar-refractivity contribution >= 4 is 12.1 Å². The number of halogens is 1. The monoisotopic (exact) mass is 301 g/mol. The molecule has 1 saturated heterocycles. The number of hydrogen-bond donors (Lipinski definition) is 3. The van der Waals surface area contributed by atoms with Crippen molar-refractivity contribution in [1.29, 1.82) is 0 Å². The molecule has 9 heteroatoms. The molecule has 1 aliphatic heterocycles. The van der Waals surface area contributed by atoms with Gasteiger partial charge in [0, 0.05) is 6.07 Å². The summed E-state index contributed by atoms with van der Waals surface area (Å²) < 4.78 is 25.1. The van der Waals surface area contributed by atoms with E-state index in [9.17, 15) is 9.59 Å². The molecule has 1 aromatic rings. The van der Waals surface area contributed by atoms with Crippen molar-refractivity contribution in [3.05, 3.63) is 17.5 Å². The Bertz CT molecular complexity index is 555. The van der Waals surface area contributed by atoms with E-state index in [-0.39, 0.29) is 18.6 Å². The van der Waals surface area contributed by atoms with Gasteiger partial charge in [-0.3, -0.25) is 0 Å². The number of nitrogens with one attached hydrogen (secondary N) is 1. The summed E-state index contributed by atoms with van der Waals surface area (Å²) in [7, 11) is 0. The number of piperidine rings is 1. The van der Waals surface area contributed by atoms with Crippen molar-refractivity contribution < 1.29 is 28.3 Å². The molecule has 116 valence electrons. The number of hydrogen-bond acceptors (Lipinski definition) is 6. The van der Waals surface area contributed by atoms with Crippen molar-refractivity contribution in [2.45, 2.75) is 31.0 Å². The molecule has 0 saturated carbocycles. The molecule has 0 aliphatic carbocycles. The lowest BCUT2D eigenvalue weighted by Crippen LogP contribution is -2.55. The van der Waals surface area contributed by atoms with E-state index in [1.165, 1.54) is 6.92 Å². The number of nitrogens with two attached hydrogens (primary N) is 1. The molecule has 1 amide bonds. The fourth-order valence-electron chi connectivity index (χ4n) is 2.46. The molecule has 1 aliphatic rings. The minimum absolute atomic E-state index is 0.0554. The maximum atomic E-state index is 15.3. The molecule has 8 nitrogen and oxygen atoms in total. The number of carboxylic acid groups (broad SMARTS) is 1. The number of rotatable bonds is 4. The number of ether oxygens (including phenoxy) is 1. The molecule has 1 fully saturated rings. The van der Waals surface area contributed by atoms with Crippen molar-refractivity contribution in [1.82, 2.24) is 10.5 Å². The van der Waals surface area contributed by atoms with E-state index in [1.54, 1.807) is 0 Å². The zero-order chi connectivity index (χ0) is 15.7. The van der Waals surface area contributed by atoms with Crippen LogP contribution in [-0.4, -0.2) is 41.1 Å². The largest absolute Gasteiger partial charge is 0.476 e. The Labute approximate surface area is 119 Å². The van der Waals surface area contributed by atoms with E-state index in [0.29, 0.717) is 13.1 Å². The average molecular weight is 301 g/mol. The second kappa shape index (κ2) is 5.32. The normalized spacial score (nSPS) is 20.5. The zero-order valence-corrected chi connectivity index (χ0v) is 11.4. The van der Waals surface area contributed by atoms with Crippen molar-refractivity contribution in [3.63, 3.8) is 0 Å². The van der Waals surface area contributed by atoms with Crippen LogP contribution in [0.4, 0.5) is 9.18 Å². The van der Waals surface area contributed by atoms with E-state index in [4.69, 9.17) is 20.1 Å². The van der Waals surface area contributed by atoms with E-state index in [1.807, 2.05) is 0 Å². The summed E-state index contributed by atoms with van der Waals surface area (Å²) in [5.41, 5.74) is 0.838.